The van der Waals surface area contributed by atoms with Gasteiger partial charge >= 0.3 is 0 Å². The van der Waals surface area contributed by atoms with Crippen LogP contribution in [-0.4, -0.2) is 23.0 Å². The van der Waals surface area contributed by atoms with Crippen molar-refractivity contribution >= 4 is 70.1 Å². The van der Waals surface area contributed by atoms with Crippen molar-refractivity contribution in [3.05, 3.63) is 130 Å². The second kappa shape index (κ2) is 14.7. The molecule has 1 unspecified atom stereocenters. The van der Waals surface area contributed by atoms with Gasteiger partial charge < -0.3 is 16.0 Å². The maximum atomic E-state index is 14.4. The van der Waals surface area contributed by atoms with Crippen LogP contribution < -0.4 is 16.0 Å². The van der Waals surface area contributed by atoms with E-state index in [1.807, 2.05) is 13.0 Å². The quantitative estimate of drug-likeness (QED) is 0.123. The van der Waals surface area contributed by atoms with Gasteiger partial charge in [0.15, 0.2) is 0 Å². The molecule has 0 saturated heterocycles. The number of anilines is 2. The molecule has 214 valence electrons. The third-order valence-corrected chi connectivity index (χ3v) is 8.05. The van der Waals surface area contributed by atoms with Crippen LogP contribution in [0.15, 0.2) is 108 Å². The minimum absolute atomic E-state index is 0.138. The van der Waals surface area contributed by atoms with E-state index in [2.05, 4.69) is 16.0 Å². The summed E-state index contributed by atoms with van der Waals surface area (Å²) < 4.78 is 14.4. The number of benzene rings is 4. The van der Waals surface area contributed by atoms with Crippen molar-refractivity contribution in [2.45, 2.75) is 23.5 Å². The van der Waals surface area contributed by atoms with Crippen molar-refractivity contribution in [1.29, 1.82) is 0 Å². The molecule has 6 nitrogen and oxygen atoms in total. The van der Waals surface area contributed by atoms with Gasteiger partial charge in [-0.15, -0.1) is 11.8 Å². The maximum Gasteiger partial charge on any atom is 0.272 e. The first kappa shape index (κ1) is 30.8. The summed E-state index contributed by atoms with van der Waals surface area (Å²) in [6.07, 6.45) is 1.82. The Hall–Kier alpha value is -4.11. The monoisotopic (exact) mass is 621 g/mol. The van der Waals surface area contributed by atoms with Gasteiger partial charge in [-0.2, -0.15) is 0 Å². The van der Waals surface area contributed by atoms with E-state index >= 15 is 0 Å². The summed E-state index contributed by atoms with van der Waals surface area (Å²) in [6, 6.07) is 26.1. The molecule has 10 heteroatoms. The largest absolute Gasteiger partial charge is 0.325 e. The SMILES string of the molecule is CCC(Sc1cccc(NC(=O)/C(=C/c2ccccc2F)NC(=O)c2ccccc2)c1)C(=O)Nc1ccc(Cl)c(Cl)c1. The van der Waals surface area contributed by atoms with E-state index in [0.717, 1.165) is 4.90 Å². The highest BCUT2D eigenvalue weighted by molar-refractivity contribution is 8.00. The van der Waals surface area contributed by atoms with Crippen molar-refractivity contribution in [1.82, 2.24) is 5.32 Å². The first-order valence-corrected chi connectivity index (χ1v) is 14.5. The van der Waals surface area contributed by atoms with Gasteiger partial charge in [0.1, 0.15) is 11.5 Å². The number of rotatable bonds is 10. The summed E-state index contributed by atoms with van der Waals surface area (Å²) in [4.78, 5) is 39.9. The molecule has 0 aliphatic rings. The highest BCUT2D eigenvalue weighted by Gasteiger charge is 2.20. The van der Waals surface area contributed by atoms with Crippen LogP contribution in [0.5, 0.6) is 0 Å². The number of carbonyl (C=O) groups excluding carboxylic acids is 3. The Morgan fingerprint density at radius 2 is 1.55 bits per heavy atom. The summed E-state index contributed by atoms with van der Waals surface area (Å²) >= 11 is 13.4. The molecule has 1 atom stereocenters. The van der Waals surface area contributed by atoms with Gasteiger partial charge in [0.25, 0.3) is 11.8 Å². The standard InChI is InChI=1S/C32H26Cl2FN3O3S/c1-2-29(32(41)37-23-15-16-25(33)26(34)19-23)42-24-13-8-12-22(18-24)36-31(40)28(17-21-11-6-7-14-27(21)35)38-30(39)20-9-4-3-5-10-20/h3-19,29H,2H2,1H3,(H,36,40)(H,37,41)(H,38,39)/b28-17-. The number of amides is 3. The fourth-order valence-electron chi connectivity index (χ4n) is 3.82. The lowest BCUT2D eigenvalue weighted by atomic mass is 10.1. The van der Waals surface area contributed by atoms with E-state index in [4.69, 9.17) is 23.2 Å². The Labute approximate surface area is 257 Å². The fraction of sp³-hybridized carbons (Fsp3) is 0.0938. The van der Waals surface area contributed by atoms with Gasteiger partial charge in [-0.1, -0.05) is 72.6 Å². The third kappa shape index (κ3) is 8.45. The molecule has 0 aliphatic carbocycles. The van der Waals surface area contributed by atoms with Crippen LogP contribution >= 0.6 is 35.0 Å². The van der Waals surface area contributed by atoms with Crippen molar-refractivity contribution in [3.8, 4) is 0 Å². The van der Waals surface area contributed by atoms with Crippen molar-refractivity contribution in [3.63, 3.8) is 0 Å². The van der Waals surface area contributed by atoms with Crippen LogP contribution in [-0.2, 0) is 9.59 Å². The molecule has 0 saturated carbocycles. The lowest BCUT2D eigenvalue weighted by Crippen LogP contribution is -2.30. The normalized spacial score (nSPS) is 11.9. The minimum Gasteiger partial charge on any atom is -0.325 e. The maximum absolute atomic E-state index is 14.4. The van der Waals surface area contributed by atoms with Crippen LogP contribution in [0.2, 0.25) is 10.0 Å². The summed E-state index contributed by atoms with van der Waals surface area (Å²) in [5.74, 6) is -1.92. The molecule has 42 heavy (non-hydrogen) atoms. The fourth-order valence-corrected chi connectivity index (χ4v) is 5.13. The molecule has 0 radical (unpaired) electrons. The Morgan fingerprint density at radius 3 is 2.26 bits per heavy atom. The molecule has 0 heterocycles. The predicted octanol–water partition coefficient (Wildman–Crippen LogP) is 8.05. The Morgan fingerprint density at radius 1 is 0.833 bits per heavy atom. The Bertz CT molecular complexity index is 1630. The first-order valence-electron chi connectivity index (χ1n) is 12.9. The molecule has 4 rings (SSSR count). The number of hydrogen-bond acceptors (Lipinski definition) is 4. The molecule has 3 N–H and O–H groups in total. The highest BCUT2D eigenvalue weighted by atomic mass is 35.5. The smallest absolute Gasteiger partial charge is 0.272 e. The molecular formula is C32H26Cl2FN3O3S. The van der Waals surface area contributed by atoms with Crippen LogP contribution in [0.4, 0.5) is 15.8 Å². The number of carbonyl (C=O) groups is 3. The van der Waals surface area contributed by atoms with Crippen molar-refractivity contribution in [2.24, 2.45) is 0 Å². The zero-order valence-electron chi connectivity index (χ0n) is 22.4. The molecule has 4 aromatic carbocycles. The lowest BCUT2D eigenvalue weighted by molar-refractivity contribution is -0.116. The lowest BCUT2D eigenvalue weighted by Gasteiger charge is -2.16. The van der Waals surface area contributed by atoms with E-state index in [0.29, 0.717) is 33.4 Å². The summed E-state index contributed by atoms with van der Waals surface area (Å²) in [5, 5.41) is 8.50. The average molecular weight is 623 g/mol. The zero-order valence-corrected chi connectivity index (χ0v) is 24.7. The van der Waals surface area contributed by atoms with Crippen LogP contribution in [0.25, 0.3) is 6.08 Å². The molecular weight excluding hydrogens is 596 g/mol. The molecule has 0 spiro atoms. The van der Waals surface area contributed by atoms with E-state index in [-0.39, 0.29) is 17.2 Å². The third-order valence-electron chi connectivity index (χ3n) is 5.95. The van der Waals surface area contributed by atoms with E-state index in [1.54, 1.807) is 72.8 Å². The topological polar surface area (TPSA) is 87.3 Å². The van der Waals surface area contributed by atoms with Gasteiger partial charge in [-0.05, 0) is 67.1 Å². The molecule has 4 aromatic rings. The predicted molar refractivity (Wildman–Crippen MR) is 168 cm³/mol. The first-order chi connectivity index (χ1) is 20.2. The highest BCUT2D eigenvalue weighted by Crippen LogP contribution is 2.30. The second-order valence-corrected chi connectivity index (χ2v) is 11.1. The van der Waals surface area contributed by atoms with Gasteiger partial charge in [-0.25, -0.2) is 4.39 Å². The molecule has 3 amide bonds. The van der Waals surface area contributed by atoms with Crippen LogP contribution in [0.3, 0.4) is 0 Å². The van der Waals surface area contributed by atoms with E-state index < -0.39 is 22.9 Å². The van der Waals surface area contributed by atoms with E-state index in [1.165, 1.54) is 36.0 Å². The van der Waals surface area contributed by atoms with Crippen molar-refractivity contribution in [2.75, 3.05) is 10.6 Å². The second-order valence-electron chi connectivity index (χ2n) is 9.01. The molecule has 0 aromatic heterocycles. The zero-order chi connectivity index (χ0) is 30.1. The number of thioether (sulfide) groups is 1. The number of hydrogen-bond donors (Lipinski definition) is 3. The van der Waals surface area contributed by atoms with E-state index in [9.17, 15) is 18.8 Å². The number of halogens is 3. The molecule has 0 bridgehead atoms. The molecule has 0 aliphatic heterocycles. The number of nitrogens with one attached hydrogen (secondary N) is 3. The molecule has 0 fully saturated rings. The average Bonchev–Trinajstić information content (AvgIpc) is 2.99. The van der Waals surface area contributed by atoms with Gasteiger partial charge in [0.2, 0.25) is 5.91 Å². The van der Waals surface area contributed by atoms with Crippen LogP contribution in [0.1, 0.15) is 29.3 Å². The Kier molecular flexibility index (Phi) is 10.8. The minimum atomic E-state index is -0.644. The van der Waals surface area contributed by atoms with Gasteiger partial charge in [0.05, 0.1) is 15.3 Å². The summed E-state index contributed by atoms with van der Waals surface area (Å²) in [7, 11) is 0. The Balaban J connectivity index is 1.50. The van der Waals surface area contributed by atoms with Gasteiger partial charge in [0, 0.05) is 27.4 Å². The van der Waals surface area contributed by atoms with Crippen molar-refractivity contribution < 1.29 is 18.8 Å². The van der Waals surface area contributed by atoms with Gasteiger partial charge in [-0.3, -0.25) is 14.4 Å². The summed E-state index contributed by atoms with van der Waals surface area (Å²) in [6.45, 7) is 1.90. The summed E-state index contributed by atoms with van der Waals surface area (Å²) in [5.41, 5.74) is 1.30. The van der Waals surface area contributed by atoms with Crippen LogP contribution in [0, 0.1) is 5.82 Å².